The molecule has 1 aromatic carbocycles. The molecule has 4 rings (SSSR count). The number of nitrogens with zero attached hydrogens (tertiary/aromatic N) is 3. The predicted molar refractivity (Wildman–Crippen MR) is 101 cm³/mol. The molecule has 0 unspecified atom stereocenters. The number of nitrogens with one attached hydrogen (secondary N) is 1. The van der Waals surface area contributed by atoms with Crippen molar-refractivity contribution in [3.05, 3.63) is 40.0 Å². The van der Waals surface area contributed by atoms with Crippen LogP contribution in [-0.4, -0.2) is 49.1 Å². The molecule has 13 heteroatoms. The predicted octanol–water partition coefficient (Wildman–Crippen LogP) is 1.47. The highest BCUT2D eigenvalue weighted by Gasteiger charge is 2.45. The van der Waals surface area contributed by atoms with Gasteiger partial charge in [-0.1, -0.05) is 5.16 Å². The van der Waals surface area contributed by atoms with Crippen LogP contribution in [0.3, 0.4) is 0 Å². The number of aromatic nitrogens is 1. The average molecular weight is 460 g/mol. The Bertz CT molecular complexity index is 1160. The van der Waals surface area contributed by atoms with Crippen molar-refractivity contribution in [1.82, 2.24) is 14.8 Å². The van der Waals surface area contributed by atoms with Crippen LogP contribution in [0.5, 0.6) is 5.75 Å². The number of rotatable bonds is 4. The molecule has 0 saturated carbocycles. The number of alkyl halides is 2. The summed E-state index contributed by atoms with van der Waals surface area (Å²) in [5.41, 5.74) is -0.571. The maximum absolute atomic E-state index is 15.3. The van der Waals surface area contributed by atoms with E-state index in [0.717, 1.165) is 5.56 Å². The fraction of sp³-hybridized carbons (Fsp3) is 0.444. The minimum atomic E-state index is -4.44. The number of hydrogen-bond donors (Lipinski definition) is 2. The largest absolute Gasteiger partial charge is 0.506 e. The molecule has 0 spiro atoms. The molecule has 2 N–H and O–H groups in total. The van der Waals surface area contributed by atoms with Gasteiger partial charge in [0.15, 0.2) is 5.82 Å². The zero-order chi connectivity index (χ0) is 22.7. The van der Waals surface area contributed by atoms with Gasteiger partial charge < -0.3 is 9.63 Å². The number of aromatic hydroxyl groups is 1. The minimum absolute atomic E-state index is 0.148. The number of hydrogen-bond acceptors (Lipinski definition) is 7. The maximum Gasteiger partial charge on any atom is 0.326 e. The first kappa shape index (κ1) is 21.4. The third-order valence-electron chi connectivity index (χ3n) is 5.45. The molecule has 9 nitrogen and oxygen atoms in total. The first-order chi connectivity index (χ1) is 14.4. The molecule has 31 heavy (non-hydrogen) atoms. The first-order valence-corrected chi connectivity index (χ1v) is 10.7. The van der Waals surface area contributed by atoms with Gasteiger partial charge in [-0.15, -0.1) is 0 Å². The summed E-state index contributed by atoms with van der Waals surface area (Å²) in [5, 5.41) is 14.0. The molecule has 1 saturated heterocycles. The van der Waals surface area contributed by atoms with Crippen LogP contribution in [0, 0.1) is 19.7 Å². The zero-order valence-corrected chi connectivity index (χ0v) is 17.4. The molecule has 0 aliphatic carbocycles. The van der Waals surface area contributed by atoms with E-state index in [-0.39, 0.29) is 13.1 Å². The van der Waals surface area contributed by atoms with Gasteiger partial charge in [-0.05, 0) is 26.3 Å². The number of benzene rings is 1. The fourth-order valence-corrected chi connectivity index (χ4v) is 5.13. The summed E-state index contributed by atoms with van der Waals surface area (Å²) in [6.07, 6.45) is 0.345. The van der Waals surface area contributed by atoms with Gasteiger partial charge in [0, 0.05) is 29.8 Å². The van der Waals surface area contributed by atoms with Crippen LogP contribution in [0.1, 0.15) is 28.1 Å². The van der Waals surface area contributed by atoms with Crippen LogP contribution in [0.15, 0.2) is 10.6 Å². The maximum atomic E-state index is 15.3. The summed E-state index contributed by atoms with van der Waals surface area (Å²) in [6, 6.07) is 0.664. The third kappa shape index (κ3) is 3.61. The van der Waals surface area contributed by atoms with E-state index in [1.54, 1.807) is 18.6 Å². The lowest BCUT2D eigenvalue weighted by molar-refractivity contribution is -0.117. The molecular formula is C18H19F3N4O5S. The molecule has 3 heterocycles. The van der Waals surface area contributed by atoms with E-state index in [4.69, 9.17) is 4.52 Å². The SMILES string of the molecule is Cc1noc(C)c1CCN1Cc2c(cc(O)c(N3CC(=O)NS3(=O)=O)c2F)C(F)(F)C1. The third-order valence-corrected chi connectivity index (χ3v) is 6.83. The Hall–Kier alpha value is -2.80. The second kappa shape index (κ2) is 7.12. The van der Waals surface area contributed by atoms with Crippen molar-refractivity contribution in [2.75, 3.05) is 23.9 Å². The van der Waals surface area contributed by atoms with Gasteiger partial charge in [0.2, 0.25) is 0 Å². The lowest BCUT2D eigenvalue weighted by Gasteiger charge is -2.35. The fourth-order valence-electron chi connectivity index (χ4n) is 3.96. The van der Waals surface area contributed by atoms with E-state index in [9.17, 15) is 27.1 Å². The Morgan fingerprint density at radius 2 is 2.03 bits per heavy atom. The van der Waals surface area contributed by atoms with E-state index in [1.807, 2.05) is 0 Å². The standard InChI is InChI=1S/C18H19F3N4O5S/c1-9-11(10(2)30-22-9)3-4-24-6-12-13(18(20,21)8-24)5-14(26)17(16(12)19)25-7-15(27)23-31(25,28)29/h5,26H,3-4,6-8H2,1-2H3,(H,23,27). The highest BCUT2D eigenvalue weighted by Crippen LogP contribution is 2.45. The van der Waals surface area contributed by atoms with Crippen molar-refractivity contribution in [2.45, 2.75) is 32.7 Å². The highest BCUT2D eigenvalue weighted by molar-refractivity contribution is 7.92. The van der Waals surface area contributed by atoms with Gasteiger partial charge in [-0.3, -0.25) is 9.69 Å². The number of phenolic OH excluding ortho intramolecular Hbond substituents is 1. The number of anilines is 1. The van der Waals surface area contributed by atoms with E-state index in [1.165, 1.54) is 4.90 Å². The Morgan fingerprint density at radius 3 is 2.61 bits per heavy atom. The summed E-state index contributed by atoms with van der Waals surface area (Å²) in [6.45, 7) is 1.88. The second-order valence-corrected chi connectivity index (χ2v) is 9.18. The number of phenols is 1. The topological polar surface area (TPSA) is 116 Å². The lowest BCUT2D eigenvalue weighted by Crippen LogP contribution is -2.42. The van der Waals surface area contributed by atoms with E-state index < -0.39 is 63.5 Å². The summed E-state index contributed by atoms with van der Waals surface area (Å²) in [5.74, 6) is -6.14. The molecule has 1 amide bonds. The van der Waals surface area contributed by atoms with Crippen molar-refractivity contribution in [3.63, 3.8) is 0 Å². The molecule has 2 aliphatic heterocycles. The van der Waals surface area contributed by atoms with Crippen LogP contribution in [-0.2, 0) is 33.9 Å². The van der Waals surface area contributed by atoms with Gasteiger partial charge in [0.25, 0.3) is 11.8 Å². The Morgan fingerprint density at radius 1 is 1.32 bits per heavy atom. The van der Waals surface area contributed by atoms with Crippen molar-refractivity contribution in [3.8, 4) is 5.75 Å². The molecular weight excluding hydrogens is 441 g/mol. The second-order valence-electron chi connectivity index (χ2n) is 7.59. The van der Waals surface area contributed by atoms with Gasteiger partial charge in [0.05, 0.1) is 12.2 Å². The lowest BCUT2D eigenvalue weighted by atomic mass is 9.94. The van der Waals surface area contributed by atoms with Crippen molar-refractivity contribution in [1.29, 1.82) is 0 Å². The van der Waals surface area contributed by atoms with E-state index in [2.05, 4.69) is 5.16 Å². The number of carbonyl (C=O) groups is 1. The minimum Gasteiger partial charge on any atom is -0.506 e. The number of fused-ring (bicyclic) bond motifs is 1. The highest BCUT2D eigenvalue weighted by atomic mass is 32.2. The van der Waals surface area contributed by atoms with Crippen LogP contribution in [0.25, 0.3) is 0 Å². The summed E-state index contributed by atoms with van der Waals surface area (Å²) in [4.78, 5) is 12.8. The van der Waals surface area contributed by atoms with Crippen molar-refractivity contribution < 1.29 is 36.0 Å². The quantitative estimate of drug-likeness (QED) is 0.710. The monoisotopic (exact) mass is 460 g/mol. The average Bonchev–Trinajstić information content (AvgIpc) is 3.11. The van der Waals surface area contributed by atoms with Crippen LogP contribution in [0.4, 0.5) is 18.9 Å². The number of amides is 1. The molecule has 0 bridgehead atoms. The Kier molecular flexibility index (Phi) is 4.92. The van der Waals surface area contributed by atoms with E-state index >= 15 is 4.39 Å². The molecule has 2 aromatic rings. The molecule has 0 atom stereocenters. The van der Waals surface area contributed by atoms with Crippen LogP contribution in [0.2, 0.25) is 0 Å². The molecule has 1 aromatic heterocycles. The molecule has 168 valence electrons. The normalized spacial score (nSPS) is 20.0. The smallest absolute Gasteiger partial charge is 0.326 e. The van der Waals surface area contributed by atoms with Crippen LogP contribution >= 0.6 is 0 Å². The first-order valence-electron chi connectivity index (χ1n) is 9.31. The van der Waals surface area contributed by atoms with Crippen LogP contribution < -0.4 is 9.03 Å². The van der Waals surface area contributed by atoms with Crippen molar-refractivity contribution in [2.24, 2.45) is 0 Å². The number of aryl methyl sites for hydroxylation is 2. The zero-order valence-electron chi connectivity index (χ0n) is 16.6. The van der Waals surface area contributed by atoms with E-state index in [0.29, 0.717) is 28.2 Å². The van der Waals surface area contributed by atoms with Gasteiger partial charge in [0.1, 0.15) is 23.7 Å². The summed E-state index contributed by atoms with van der Waals surface area (Å²) in [7, 11) is -4.44. The molecule has 1 fully saturated rings. The number of carbonyl (C=O) groups excluding carboxylic acids is 1. The van der Waals surface area contributed by atoms with Gasteiger partial charge in [-0.25, -0.2) is 13.4 Å². The Balaban J connectivity index is 1.69. The van der Waals surface area contributed by atoms with Crippen molar-refractivity contribution >= 4 is 21.8 Å². The summed E-state index contributed by atoms with van der Waals surface area (Å²) >= 11 is 0. The summed E-state index contributed by atoms with van der Waals surface area (Å²) < 4.78 is 76.1. The van der Waals surface area contributed by atoms with Gasteiger partial charge >= 0.3 is 10.2 Å². The number of halogens is 3. The Labute approximate surface area is 175 Å². The molecule has 0 radical (unpaired) electrons. The molecule has 2 aliphatic rings. The van der Waals surface area contributed by atoms with Gasteiger partial charge in [-0.2, -0.15) is 17.2 Å².